The van der Waals surface area contributed by atoms with Crippen molar-refractivity contribution in [2.75, 3.05) is 18.4 Å². The topological polar surface area (TPSA) is 57.3 Å². The van der Waals surface area contributed by atoms with Crippen LogP contribution >= 0.6 is 0 Å². The number of pyridine rings is 1. The molecule has 5 nitrogen and oxygen atoms in total. The Morgan fingerprint density at radius 1 is 1.20 bits per heavy atom. The molecule has 5 heteroatoms. The molecule has 0 saturated carbocycles. The Morgan fingerprint density at radius 2 is 1.96 bits per heavy atom. The van der Waals surface area contributed by atoms with Gasteiger partial charge < -0.3 is 10.6 Å². The number of likely N-dealkylation sites (tertiary alicyclic amines) is 1. The van der Waals surface area contributed by atoms with E-state index in [-0.39, 0.29) is 17.6 Å². The first-order valence-electron chi connectivity index (χ1n) is 8.76. The molecule has 2 heterocycles. The van der Waals surface area contributed by atoms with Crippen molar-refractivity contribution < 1.29 is 4.79 Å². The van der Waals surface area contributed by atoms with Crippen molar-refractivity contribution in [3.05, 3.63) is 48.7 Å². The lowest BCUT2D eigenvalue weighted by molar-refractivity contribution is 0.171. The molecule has 0 bridgehead atoms. The Hall–Kier alpha value is -2.40. The molecule has 2 N–H and O–H groups in total. The predicted molar refractivity (Wildman–Crippen MR) is 102 cm³/mol. The molecule has 0 spiro atoms. The highest BCUT2D eigenvalue weighted by molar-refractivity contribution is 5.90. The molecule has 0 aliphatic carbocycles. The summed E-state index contributed by atoms with van der Waals surface area (Å²) in [4.78, 5) is 19.1. The fraction of sp³-hybridized carbons (Fsp3) is 0.400. The van der Waals surface area contributed by atoms with Crippen LogP contribution in [0.4, 0.5) is 10.5 Å². The third kappa shape index (κ3) is 4.57. The minimum atomic E-state index is -0.161. The molecular weight excluding hydrogens is 312 g/mol. The van der Waals surface area contributed by atoms with Crippen LogP contribution in [0.1, 0.15) is 27.2 Å². The maximum Gasteiger partial charge on any atom is 0.319 e. The summed E-state index contributed by atoms with van der Waals surface area (Å²) in [7, 11) is 0. The highest BCUT2D eigenvalue weighted by atomic mass is 16.2. The number of urea groups is 1. The fourth-order valence-corrected chi connectivity index (χ4v) is 3.12. The van der Waals surface area contributed by atoms with Gasteiger partial charge in [0, 0.05) is 42.1 Å². The van der Waals surface area contributed by atoms with Crippen LogP contribution in [0, 0.1) is 0 Å². The van der Waals surface area contributed by atoms with Gasteiger partial charge >= 0.3 is 6.03 Å². The van der Waals surface area contributed by atoms with E-state index < -0.39 is 0 Å². The lowest BCUT2D eigenvalue weighted by Gasteiger charge is -2.31. The van der Waals surface area contributed by atoms with E-state index in [1.165, 1.54) is 0 Å². The summed E-state index contributed by atoms with van der Waals surface area (Å²) in [6.07, 6.45) is 2.70. The second kappa shape index (κ2) is 7.23. The van der Waals surface area contributed by atoms with E-state index >= 15 is 0 Å². The summed E-state index contributed by atoms with van der Waals surface area (Å²) in [5.41, 5.74) is 2.76. The molecular formula is C20H26N4O. The van der Waals surface area contributed by atoms with E-state index in [2.05, 4.69) is 41.3 Å². The maximum atomic E-state index is 12.3. The number of carbonyl (C=O) groups excluding carboxylic acids is 1. The van der Waals surface area contributed by atoms with Crippen molar-refractivity contribution in [1.29, 1.82) is 0 Å². The first-order valence-corrected chi connectivity index (χ1v) is 8.76. The van der Waals surface area contributed by atoms with E-state index in [1.54, 1.807) is 6.20 Å². The molecule has 1 aromatic carbocycles. The minimum Gasteiger partial charge on any atom is -0.334 e. The van der Waals surface area contributed by atoms with Crippen LogP contribution in [0.3, 0.4) is 0 Å². The van der Waals surface area contributed by atoms with E-state index in [4.69, 9.17) is 0 Å². The number of rotatable bonds is 3. The first-order chi connectivity index (χ1) is 11.9. The maximum absolute atomic E-state index is 12.3. The molecule has 1 unspecified atom stereocenters. The summed E-state index contributed by atoms with van der Waals surface area (Å²) < 4.78 is 0. The molecule has 2 aromatic rings. The van der Waals surface area contributed by atoms with E-state index in [1.807, 2.05) is 42.5 Å². The molecule has 3 rings (SSSR count). The molecule has 1 saturated heterocycles. The van der Waals surface area contributed by atoms with Gasteiger partial charge in [0.05, 0.1) is 5.69 Å². The summed E-state index contributed by atoms with van der Waals surface area (Å²) >= 11 is 0. The van der Waals surface area contributed by atoms with Crippen LogP contribution in [0.5, 0.6) is 0 Å². The SMILES string of the molecule is CC(C)(C)N1CCC(NC(=O)Nc2ccnc(-c3ccccc3)c2)C1. The van der Waals surface area contributed by atoms with Crippen molar-refractivity contribution >= 4 is 11.7 Å². The number of anilines is 1. The van der Waals surface area contributed by atoms with Gasteiger partial charge in [0.2, 0.25) is 0 Å². The van der Waals surface area contributed by atoms with Gasteiger partial charge in [-0.15, -0.1) is 0 Å². The number of amides is 2. The van der Waals surface area contributed by atoms with Crippen molar-refractivity contribution in [1.82, 2.24) is 15.2 Å². The van der Waals surface area contributed by atoms with Gasteiger partial charge in [-0.05, 0) is 39.3 Å². The smallest absolute Gasteiger partial charge is 0.319 e. The molecule has 1 fully saturated rings. The summed E-state index contributed by atoms with van der Waals surface area (Å²) in [5.74, 6) is 0. The van der Waals surface area contributed by atoms with Gasteiger partial charge in [-0.25, -0.2) is 4.79 Å². The van der Waals surface area contributed by atoms with Crippen LogP contribution in [-0.2, 0) is 0 Å². The molecule has 25 heavy (non-hydrogen) atoms. The van der Waals surface area contributed by atoms with Crippen LogP contribution in [0.25, 0.3) is 11.3 Å². The van der Waals surface area contributed by atoms with Crippen molar-refractivity contribution in [2.45, 2.75) is 38.8 Å². The molecule has 1 aromatic heterocycles. The Morgan fingerprint density at radius 3 is 2.64 bits per heavy atom. The average Bonchev–Trinajstić information content (AvgIpc) is 3.04. The Labute approximate surface area is 149 Å². The Bertz CT molecular complexity index is 724. The zero-order chi connectivity index (χ0) is 17.9. The highest BCUT2D eigenvalue weighted by Gasteiger charge is 2.30. The van der Waals surface area contributed by atoms with Gasteiger partial charge in [-0.1, -0.05) is 30.3 Å². The normalized spacial score (nSPS) is 18.1. The summed E-state index contributed by atoms with van der Waals surface area (Å²) in [6, 6.07) is 13.7. The van der Waals surface area contributed by atoms with Gasteiger partial charge in [0.1, 0.15) is 0 Å². The minimum absolute atomic E-state index is 0.141. The van der Waals surface area contributed by atoms with Gasteiger partial charge in [-0.3, -0.25) is 9.88 Å². The Balaban J connectivity index is 1.59. The quantitative estimate of drug-likeness (QED) is 0.896. The number of nitrogens with one attached hydrogen (secondary N) is 2. The predicted octanol–water partition coefficient (Wildman–Crippen LogP) is 3.74. The van der Waals surface area contributed by atoms with Crippen molar-refractivity contribution in [2.24, 2.45) is 0 Å². The lowest BCUT2D eigenvalue weighted by atomic mass is 10.1. The van der Waals surface area contributed by atoms with Crippen LogP contribution < -0.4 is 10.6 Å². The number of aromatic nitrogens is 1. The second-order valence-electron chi connectivity index (χ2n) is 7.50. The third-order valence-electron chi connectivity index (χ3n) is 4.56. The summed E-state index contributed by atoms with van der Waals surface area (Å²) in [6.45, 7) is 8.52. The van der Waals surface area contributed by atoms with Gasteiger partial charge in [-0.2, -0.15) is 0 Å². The van der Waals surface area contributed by atoms with Crippen LogP contribution in [0.2, 0.25) is 0 Å². The zero-order valence-corrected chi connectivity index (χ0v) is 15.1. The number of hydrogen-bond acceptors (Lipinski definition) is 3. The molecule has 132 valence electrons. The largest absolute Gasteiger partial charge is 0.334 e. The molecule has 1 atom stereocenters. The molecule has 2 amide bonds. The van der Waals surface area contributed by atoms with E-state index in [0.29, 0.717) is 0 Å². The Kier molecular flexibility index (Phi) is 5.04. The third-order valence-corrected chi connectivity index (χ3v) is 4.56. The standard InChI is InChI=1S/C20H26N4O/c1-20(2,3)24-12-10-17(14-24)23-19(25)22-16-9-11-21-18(13-16)15-7-5-4-6-8-15/h4-9,11,13,17H,10,12,14H2,1-3H3,(H2,21,22,23,25). The van der Waals surface area contributed by atoms with Crippen molar-refractivity contribution in [3.63, 3.8) is 0 Å². The first kappa shape index (κ1) is 17.4. The number of benzene rings is 1. The van der Waals surface area contributed by atoms with Crippen molar-refractivity contribution in [3.8, 4) is 11.3 Å². The monoisotopic (exact) mass is 338 g/mol. The highest BCUT2D eigenvalue weighted by Crippen LogP contribution is 2.21. The number of nitrogens with zero attached hydrogens (tertiary/aromatic N) is 2. The van der Waals surface area contributed by atoms with Gasteiger partial charge in [0.15, 0.2) is 0 Å². The van der Waals surface area contributed by atoms with Crippen LogP contribution in [-0.4, -0.2) is 40.6 Å². The number of carbonyl (C=O) groups is 1. The lowest BCUT2D eigenvalue weighted by Crippen LogP contribution is -2.44. The zero-order valence-electron chi connectivity index (χ0n) is 15.1. The van der Waals surface area contributed by atoms with Crippen LogP contribution in [0.15, 0.2) is 48.7 Å². The number of hydrogen-bond donors (Lipinski definition) is 2. The van der Waals surface area contributed by atoms with E-state index in [9.17, 15) is 4.79 Å². The summed E-state index contributed by atoms with van der Waals surface area (Å²) in [5, 5.41) is 6.00. The van der Waals surface area contributed by atoms with Gasteiger partial charge in [0.25, 0.3) is 0 Å². The fourth-order valence-electron chi connectivity index (χ4n) is 3.12. The second-order valence-corrected chi connectivity index (χ2v) is 7.50. The molecule has 1 aliphatic rings. The molecule has 0 radical (unpaired) electrons. The van der Waals surface area contributed by atoms with E-state index in [0.717, 1.165) is 36.5 Å². The molecule has 1 aliphatic heterocycles. The average molecular weight is 338 g/mol.